The Morgan fingerprint density at radius 2 is 2.14 bits per heavy atom. The van der Waals surface area contributed by atoms with Crippen molar-refractivity contribution in [1.82, 2.24) is 15.1 Å². The molecule has 1 amide bonds. The number of carbonyl (C=O) groups is 1. The number of hydrogen-bond donors (Lipinski definition) is 1. The standard InChI is InChI=1S/C16H26N4O/c1-4-5-6-11-18-16(21)9-8-15-13(2)19-20(14(15)3)12-7-10-17/h4-9,11-12H2,1-3H3,(H,18,21). The smallest absolute Gasteiger partial charge is 0.220 e. The minimum atomic E-state index is 0.106. The van der Waals surface area contributed by atoms with Crippen molar-refractivity contribution in [2.45, 2.75) is 65.8 Å². The number of carbonyl (C=O) groups excluding carboxylic acids is 1. The number of unbranched alkanes of at least 4 members (excludes halogenated alkanes) is 2. The van der Waals surface area contributed by atoms with E-state index in [2.05, 4.69) is 23.4 Å². The Morgan fingerprint density at radius 3 is 2.81 bits per heavy atom. The van der Waals surface area contributed by atoms with Gasteiger partial charge in [0.2, 0.25) is 5.91 Å². The quantitative estimate of drug-likeness (QED) is 0.711. The molecule has 1 heterocycles. The number of amides is 1. The molecule has 0 aliphatic rings. The molecule has 1 N–H and O–H groups in total. The lowest BCUT2D eigenvalue weighted by Gasteiger charge is -2.06. The molecule has 1 rings (SSSR count). The first-order valence-electron chi connectivity index (χ1n) is 7.76. The van der Waals surface area contributed by atoms with Gasteiger partial charge in [-0.05, 0) is 32.3 Å². The molecule has 0 aliphatic heterocycles. The van der Waals surface area contributed by atoms with Crippen LogP contribution in [-0.4, -0.2) is 22.2 Å². The lowest BCUT2D eigenvalue weighted by atomic mass is 10.1. The van der Waals surface area contributed by atoms with E-state index in [4.69, 9.17) is 5.26 Å². The van der Waals surface area contributed by atoms with E-state index in [1.807, 2.05) is 18.5 Å². The maximum absolute atomic E-state index is 11.8. The topological polar surface area (TPSA) is 70.7 Å². The second kappa shape index (κ2) is 9.17. The van der Waals surface area contributed by atoms with Crippen LogP contribution in [0.3, 0.4) is 0 Å². The zero-order chi connectivity index (χ0) is 15.7. The third-order valence-electron chi connectivity index (χ3n) is 3.67. The molecule has 0 spiro atoms. The first kappa shape index (κ1) is 17.2. The van der Waals surface area contributed by atoms with E-state index in [0.29, 0.717) is 25.8 Å². The highest BCUT2D eigenvalue weighted by atomic mass is 16.1. The van der Waals surface area contributed by atoms with Crippen molar-refractivity contribution in [3.8, 4) is 6.07 Å². The van der Waals surface area contributed by atoms with Gasteiger partial charge in [0.05, 0.1) is 24.7 Å². The Hall–Kier alpha value is -1.83. The van der Waals surface area contributed by atoms with Crippen molar-refractivity contribution in [3.05, 3.63) is 17.0 Å². The fourth-order valence-electron chi connectivity index (χ4n) is 2.40. The van der Waals surface area contributed by atoms with Crippen LogP contribution in [-0.2, 0) is 17.8 Å². The zero-order valence-corrected chi connectivity index (χ0v) is 13.4. The zero-order valence-electron chi connectivity index (χ0n) is 13.4. The summed E-state index contributed by atoms with van der Waals surface area (Å²) in [5.74, 6) is 0.106. The van der Waals surface area contributed by atoms with E-state index in [1.54, 1.807) is 0 Å². The second-order valence-electron chi connectivity index (χ2n) is 5.34. The molecular formula is C16H26N4O. The Morgan fingerprint density at radius 1 is 1.38 bits per heavy atom. The van der Waals surface area contributed by atoms with Crippen molar-refractivity contribution in [2.24, 2.45) is 0 Å². The maximum atomic E-state index is 11.8. The van der Waals surface area contributed by atoms with Crippen LogP contribution in [0.15, 0.2) is 0 Å². The number of nitrogens with one attached hydrogen (secondary N) is 1. The Kier molecular flexibility index (Phi) is 7.52. The van der Waals surface area contributed by atoms with Crippen molar-refractivity contribution in [1.29, 1.82) is 5.26 Å². The Balaban J connectivity index is 2.46. The number of nitrogens with zero attached hydrogens (tertiary/aromatic N) is 3. The van der Waals surface area contributed by atoms with E-state index < -0.39 is 0 Å². The number of hydrogen-bond acceptors (Lipinski definition) is 3. The summed E-state index contributed by atoms with van der Waals surface area (Å²) in [5.41, 5.74) is 3.17. The molecule has 0 fully saturated rings. The molecule has 0 aliphatic carbocycles. The molecule has 1 aromatic rings. The average Bonchev–Trinajstić information content (AvgIpc) is 2.73. The van der Waals surface area contributed by atoms with Gasteiger partial charge < -0.3 is 5.32 Å². The predicted molar refractivity (Wildman–Crippen MR) is 82.8 cm³/mol. The molecule has 1 aromatic heterocycles. The van der Waals surface area contributed by atoms with Gasteiger partial charge in [0.15, 0.2) is 0 Å². The van der Waals surface area contributed by atoms with Crippen molar-refractivity contribution >= 4 is 5.91 Å². The summed E-state index contributed by atoms with van der Waals surface area (Å²) in [6, 6.07) is 2.13. The van der Waals surface area contributed by atoms with Gasteiger partial charge in [-0.1, -0.05) is 19.8 Å². The molecule has 5 heteroatoms. The van der Waals surface area contributed by atoms with E-state index in [0.717, 1.165) is 42.8 Å². The summed E-state index contributed by atoms with van der Waals surface area (Å²) in [4.78, 5) is 11.8. The summed E-state index contributed by atoms with van der Waals surface area (Å²) in [6.07, 6.45) is 5.04. The third kappa shape index (κ3) is 5.58. The Labute approximate surface area is 127 Å². The third-order valence-corrected chi connectivity index (χ3v) is 3.67. The van der Waals surface area contributed by atoms with E-state index >= 15 is 0 Å². The highest BCUT2D eigenvalue weighted by Gasteiger charge is 2.12. The van der Waals surface area contributed by atoms with Crippen LogP contribution >= 0.6 is 0 Å². The molecule has 0 saturated heterocycles. The second-order valence-corrected chi connectivity index (χ2v) is 5.34. The number of nitriles is 1. The van der Waals surface area contributed by atoms with Gasteiger partial charge in [-0.2, -0.15) is 10.4 Å². The Bertz CT molecular complexity index is 499. The molecule has 0 aromatic carbocycles. The molecule has 0 bridgehead atoms. The van der Waals surface area contributed by atoms with Crippen LogP contribution in [0.4, 0.5) is 0 Å². The monoisotopic (exact) mass is 290 g/mol. The summed E-state index contributed by atoms with van der Waals surface area (Å²) in [6.45, 7) is 7.51. The minimum absolute atomic E-state index is 0.106. The van der Waals surface area contributed by atoms with Gasteiger partial charge in [-0.15, -0.1) is 0 Å². The first-order valence-corrected chi connectivity index (χ1v) is 7.76. The number of aryl methyl sites for hydroxylation is 2. The molecular weight excluding hydrogens is 264 g/mol. The average molecular weight is 290 g/mol. The van der Waals surface area contributed by atoms with Crippen LogP contribution in [0.5, 0.6) is 0 Å². The van der Waals surface area contributed by atoms with Gasteiger partial charge in [0, 0.05) is 18.7 Å². The van der Waals surface area contributed by atoms with Gasteiger partial charge in [-0.3, -0.25) is 9.48 Å². The van der Waals surface area contributed by atoms with Crippen LogP contribution in [0.2, 0.25) is 0 Å². The highest BCUT2D eigenvalue weighted by molar-refractivity contribution is 5.76. The van der Waals surface area contributed by atoms with E-state index in [1.165, 1.54) is 0 Å². The van der Waals surface area contributed by atoms with Crippen LogP contribution < -0.4 is 5.32 Å². The van der Waals surface area contributed by atoms with Crippen molar-refractivity contribution < 1.29 is 4.79 Å². The van der Waals surface area contributed by atoms with Crippen molar-refractivity contribution in [2.75, 3.05) is 6.54 Å². The molecule has 0 atom stereocenters. The molecule has 21 heavy (non-hydrogen) atoms. The number of rotatable bonds is 9. The molecule has 0 saturated carbocycles. The van der Waals surface area contributed by atoms with E-state index in [-0.39, 0.29) is 5.91 Å². The molecule has 0 radical (unpaired) electrons. The molecule has 0 unspecified atom stereocenters. The largest absolute Gasteiger partial charge is 0.356 e. The summed E-state index contributed by atoms with van der Waals surface area (Å²) in [7, 11) is 0. The highest BCUT2D eigenvalue weighted by Crippen LogP contribution is 2.15. The van der Waals surface area contributed by atoms with Gasteiger partial charge in [-0.25, -0.2) is 0 Å². The molecule has 5 nitrogen and oxygen atoms in total. The predicted octanol–water partition coefficient (Wildman–Crippen LogP) is 2.65. The summed E-state index contributed by atoms with van der Waals surface area (Å²) >= 11 is 0. The molecule has 116 valence electrons. The lowest BCUT2D eigenvalue weighted by Crippen LogP contribution is -2.24. The van der Waals surface area contributed by atoms with E-state index in [9.17, 15) is 4.79 Å². The van der Waals surface area contributed by atoms with Gasteiger partial charge in [0.25, 0.3) is 0 Å². The lowest BCUT2D eigenvalue weighted by molar-refractivity contribution is -0.121. The number of aromatic nitrogens is 2. The van der Waals surface area contributed by atoms with Crippen LogP contribution in [0.25, 0.3) is 0 Å². The normalized spacial score (nSPS) is 10.4. The van der Waals surface area contributed by atoms with Crippen LogP contribution in [0.1, 0.15) is 56.0 Å². The fourth-order valence-corrected chi connectivity index (χ4v) is 2.40. The van der Waals surface area contributed by atoms with Gasteiger partial charge >= 0.3 is 0 Å². The summed E-state index contributed by atoms with van der Waals surface area (Å²) in [5, 5.41) is 16.1. The minimum Gasteiger partial charge on any atom is -0.356 e. The van der Waals surface area contributed by atoms with Gasteiger partial charge in [0.1, 0.15) is 0 Å². The van der Waals surface area contributed by atoms with Crippen molar-refractivity contribution in [3.63, 3.8) is 0 Å². The summed E-state index contributed by atoms with van der Waals surface area (Å²) < 4.78 is 1.87. The fraction of sp³-hybridized carbons (Fsp3) is 0.688. The first-order chi connectivity index (χ1) is 10.1. The SMILES string of the molecule is CCCCCNC(=O)CCc1c(C)nn(CCC#N)c1C. The van der Waals surface area contributed by atoms with Crippen LogP contribution in [0, 0.1) is 25.2 Å². The maximum Gasteiger partial charge on any atom is 0.220 e.